The van der Waals surface area contributed by atoms with E-state index in [1.54, 1.807) is 0 Å². The summed E-state index contributed by atoms with van der Waals surface area (Å²) in [6.45, 7) is 3.09. The zero-order chi connectivity index (χ0) is 14.5. The number of nitriles is 1. The Balaban J connectivity index is 1.74. The highest BCUT2D eigenvalue weighted by atomic mass is 15.1. The Bertz CT molecular complexity index is 652. The van der Waals surface area contributed by atoms with Gasteiger partial charge in [-0.25, -0.2) is 0 Å². The maximum absolute atomic E-state index is 8.95. The molecule has 1 aliphatic heterocycles. The van der Waals surface area contributed by atoms with Gasteiger partial charge in [-0.05, 0) is 42.7 Å². The molecule has 21 heavy (non-hydrogen) atoms. The first-order valence-electron chi connectivity index (χ1n) is 7.44. The molecule has 0 amide bonds. The van der Waals surface area contributed by atoms with Crippen LogP contribution in [0.15, 0.2) is 48.5 Å². The van der Waals surface area contributed by atoms with E-state index in [4.69, 9.17) is 5.26 Å². The lowest BCUT2D eigenvalue weighted by atomic mass is 10.1. The quantitative estimate of drug-likeness (QED) is 0.924. The van der Waals surface area contributed by atoms with Gasteiger partial charge in [0.15, 0.2) is 0 Å². The van der Waals surface area contributed by atoms with E-state index in [0.29, 0.717) is 5.56 Å². The van der Waals surface area contributed by atoms with Gasteiger partial charge in [0.1, 0.15) is 0 Å². The summed E-state index contributed by atoms with van der Waals surface area (Å²) in [5.74, 6) is 0. The van der Waals surface area contributed by atoms with Crippen LogP contribution in [0.1, 0.15) is 24.0 Å². The number of hydrogen-bond acceptors (Lipinski definition) is 3. The van der Waals surface area contributed by atoms with E-state index in [9.17, 15) is 0 Å². The number of para-hydroxylation sites is 1. The van der Waals surface area contributed by atoms with Crippen LogP contribution in [0.25, 0.3) is 0 Å². The van der Waals surface area contributed by atoms with Crippen molar-refractivity contribution < 1.29 is 0 Å². The van der Waals surface area contributed by atoms with E-state index in [0.717, 1.165) is 25.3 Å². The zero-order valence-electron chi connectivity index (χ0n) is 12.0. The predicted molar refractivity (Wildman–Crippen MR) is 86.4 cm³/mol. The molecular formula is C18H19N3. The van der Waals surface area contributed by atoms with Crippen LogP contribution in [0.2, 0.25) is 0 Å². The van der Waals surface area contributed by atoms with Crippen LogP contribution in [0, 0.1) is 11.3 Å². The molecule has 0 bridgehead atoms. The summed E-state index contributed by atoms with van der Waals surface area (Å²) >= 11 is 0. The Kier molecular flexibility index (Phi) is 4.07. The fourth-order valence-electron chi connectivity index (χ4n) is 2.82. The van der Waals surface area contributed by atoms with Crippen LogP contribution in [0.5, 0.6) is 0 Å². The molecule has 0 radical (unpaired) electrons. The number of hydrogen-bond donors (Lipinski definition) is 1. The van der Waals surface area contributed by atoms with Gasteiger partial charge in [0.25, 0.3) is 0 Å². The Morgan fingerprint density at radius 3 is 2.67 bits per heavy atom. The molecule has 106 valence electrons. The SMILES string of the molecule is N#Cc1cccc(NCc2ccccc2N2CCCC2)c1. The lowest BCUT2D eigenvalue weighted by molar-refractivity contribution is 0.949. The second-order valence-electron chi connectivity index (χ2n) is 5.37. The summed E-state index contributed by atoms with van der Waals surface area (Å²) in [4.78, 5) is 2.46. The van der Waals surface area contributed by atoms with Crippen molar-refractivity contribution in [1.29, 1.82) is 5.26 Å². The van der Waals surface area contributed by atoms with Crippen molar-refractivity contribution in [2.45, 2.75) is 19.4 Å². The number of nitrogens with one attached hydrogen (secondary N) is 1. The Morgan fingerprint density at radius 1 is 1.05 bits per heavy atom. The van der Waals surface area contributed by atoms with Gasteiger partial charge in [-0.1, -0.05) is 24.3 Å². The molecule has 3 nitrogen and oxygen atoms in total. The average Bonchev–Trinajstić information content (AvgIpc) is 3.08. The largest absolute Gasteiger partial charge is 0.381 e. The molecule has 0 spiro atoms. The van der Waals surface area contributed by atoms with Crippen molar-refractivity contribution in [1.82, 2.24) is 0 Å². The molecule has 0 atom stereocenters. The van der Waals surface area contributed by atoms with E-state index in [-0.39, 0.29) is 0 Å². The first kappa shape index (κ1) is 13.5. The minimum atomic E-state index is 0.688. The standard InChI is InChI=1S/C18H19N3/c19-13-15-6-5-8-17(12-15)20-14-16-7-1-2-9-18(16)21-10-3-4-11-21/h1-2,5-9,12,20H,3-4,10-11,14H2. The molecule has 1 N–H and O–H groups in total. The maximum Gasteiger partial charge on any atom is 0.0992 e. The first-order valence-corrected chi connectivity index (χ1v) is 7.44. The van der Waals surface area contributed by atoms with Crippen LogP contribution in [0.4, 0.5) is 11.4 Å². The van der Waals surface area contributed by atoms with Crippen molar-refractivity contribution in [3.05, 3.63) is 59.7 Å². The molecule has 0 saturated carbocycles. The Hall–Kier alpha value is -2.47. The molecule has 0 unspecified atom stereocenters. The highest BCUT2D eigenvalue weighted by Gasteiger charge is 2.14. The van der Waals surface area contributed by atoms with Crippen LogP contribution in [0.3, 0.4) is 0 Å². The highest BCUT2D eigenvalue weighted by Crippen LogP contribution is 2.25. The van der Waals surface area contributed by atoms with Gasteiger partial charge < -0.3 is 10.2 Å². The number of rotatable bonds is 4. The maximum atomic E-state index is 8.95. The lowest BCUT2D eigenvalue weighted by Gasteiger charge is -2.21. The molecule has 0 aliphatic carbocycles. The molecule has 1 aliphatic rings. The predicted octanol–water partition coefficient (Wildman–Crippen LogP) is 3.77. The smallest absolute Gasteiger partial charge is 0.0992 e. The van der Waals surface area contributed by atoms with Gasteiger partial charge in [-0.15, -0.1) is 0 Å². The van der Waals surface area contributed by atoms with E-state index in [1.807, 2.05) is 24.3 Å². The number of anilines is 2. The third-order valence-electron chi connectivity index (χ3n) is 3.91. The van der Waals surface area contributed by atoms with E-state index < -0.39 is 0 Å². The van der Waals surface area contributed by atoms with Gasteiger partial charge in [0.05, 0.1) is 11.6 Å². The van der Waals surface area contributed by atoms with Gasteiger partial charge in [0, 0.05) is 31.0 Å². The third kappa shape index (κ3) is 3.17. The minimum Gasteiger partial charge on any atom is -0.381 e. The zero-order valence-corrected chi connectivity index (χ0v) is 12.0. The average molecular weight is 277 g/mol. The van der Waals surface area contributed by atoms with Crippen molar-refractivity contribution in [3.63, 3.8) is 0 Å². The number of benzene rings is 2. The molecule has 2 aromatic carbocycles. The second kappa shape index (κ2) is 6.32. The summed E-state index contributed by atoms with van der Waals surface area (Å²) in [6.07, 6.45) is 2.57. The molecule has 1 fully saturated rings. The topological polar surface area (TPSA) is 39.1 Å². The van der Waals surface area contributed by atoms with Gasteiger partial charge >= 0.3 is 0 Å². The molecular weight excluding hydrogens is 258 g/mol. The van der Waals surface area contributed by atoms with E-state index in [2.05, 4.69) is 40.6 Å². The molecule has 0 aromatic heterocycles. The van der Waals surface area contributed by atoms with E-state index >= 15 is 0 Å². The second-order valence-corrected chi connectivity index (χ2v) is 5.37. The van der Waals surface area contributed by atoms with Crippen LogP contribution >= 0.6 is 0 Å². The van der Waals surface area contributed by atoms with Crippen LogP contribution in [-0.2, 0) is 6.54 Å². The van der Waals surface area contributed by atoms with Crippen LogP contribution in [-0.4, -0.2) is 13.1 Å². The van der Waals surface area contributed by atoms with Crippen molar-refractivity contribution in [2.24, 2.45) is 0 Å². The summed E-state index contributed by atoms with van der Waals surface area (Å²) in [7, 11) is 0. The summed E-state index contributed by atoms with van der Waals surface area (Å²) < 4.78 is 0. The van der Waals surface area contributed by atoms with Gasteiger partial charge in [-0.2, -0.15) is 5.26 Å². The van der Waals surface area contributed by atoms with Gasteiger partial charge in [-0.3, -0.25) is 0 Å². The monoisotopic (exact) mass is 277 g/mol. The first-order chi connectivity index (χ1) is 10.4. The fourth-order valence-corrected chi connectivity index (χ4v) is 2.82. The minimum absolute atomic E-state index is 0.688. The molecule has 2 aromatic rings. The summed E-state index contributed by atoms with van der Waals surface area (Å²) in [6, 6.07) is 18.4. The summed E-state index contributed by atoms with van der Waals surface area (Å²) in [5.41, 5.74) is 4.32. The van der Waals surface area contributed by atoms with Crippen molar-refractivity contribution in [3.8, 4) is 6.07 Å². The molecule has 3 heteroatoms. The molecule has 3 rings (SSSR count). The number of nitrogens with zero attached hydrogens (tertiary/aromatic N) is 2. The Labute approximate surface area is 125 Å². The summed E-state index contributed by atoms with van der Waals surface area (Å²) in [5, 5.41) is 12.4. The third-order valence-corrected chi connectivity index (χ3v) is 3.91. The Morgan fingerprint density at radius 2 is 1.86 bits per heavy atom. The lowest BCUT2D eigenvalue weighted by Crippen LogP contribution is -2.19. The highest BCUT2D eigenvalue weighted by molar-refractivity contribution is 5.56. The molecule has 1 saturated heterocycles. The van der Waals surface area contributed by atoms with Gasteiger partial charge in [0.2, 0.25) is 0 Å². The van der Waals surface area contributed by atoms with E-state index in [1.165, 1.54) is 24.1 Å². The van der Waals surface area contributed by atoms with Crippen LogP contribution < -0.4 is 10.2 Å². The normalized spacial score (nSPS) is 14.0. The molecule has 1 heterocycles. The van der Waals surface area contributed by atoms with Crippen molar-refractivity contribution >= 4 is 11.4 Å². The van der Waals surface area contributed by atoms with Crippen molar-refractivity contribution in [2.75, 3.05) is 23.3 Å². The fraction of sp³-hybridized carbons (Fsp3) is 0.278.